The van der Waals surface area contributed by atoms with Crippen molar-refractivity contribution in [2.75, 3.05) is 80.4 Å². The van der Waals surface area contributed by atoms with Crippen molar-refractivity contribution in [2.45, 2.75) is 0 Å². The highest BCUT2D eigenvalue weighted by atomic mass is 32.2. The van der Waals surface area contributed by atoms with Crippen molar-refractivity contribution in [3.05, 3.63) is 18.2 Å². The average molecular weight is 538 g/mol. The molecule has 0 atom stereocenters. The lowest BCUT2D eigenvalue weighted by molar-refractivity contribution is 0.383. The van der Waals surface area contributed by atoms with Crippen LogP contribution in [0.4, 0.5) is 17.9 Å². The third-order valence-electron chi connectivity index (χ3n) is 6.26. The number of piperazine rings is 2. The Morgan fingerprint density at radius 2 is 1.25 bits per heavy atom. The summed E-state index contributed by atoms with van der Waals surface area (Å²) in [6.45, 7) is 3.00. The van der Waals surface area contributed by atoms with Gasteiger partial charge in [0.15, 0.2) is 11.4 Å². The van der Waals surface area contributed by atoms with Crippen LogP contribution in [0.3, 0.4) is 0 Å². The molecule has 194 valence electrons. The Labute approximate surface area is 208 Å². The molecule has 0 aliphatic carbocycles. The van der Waals surface area contributed by atoms with Crippen LogP contribution in [0.15, 0.2) is 22.6 Å². The van der Waals surface area contributed by atoms with Gasteiger partial charge < -0.3 is 20.0 Å². The molecule has 0 spiro atoms. The van der Waals surface area contributed by atoms with Gasteiger partial charge in [-0.2, -0.15) is 28.5 Å². The Morgan fingerprint density at radius 1 is 0.750 bits per heavy atom. The molecular weight excluding hydrogens is 510 g/mol. The van der Waals surface area contributed by atoms with E-state index in [9.17, 15) is 16.8 Å². The Balaban J connectivity index is 1.48. The lowest BCUT2D eigenvalue weighted by Gasteiger charge is -2.35. The van der Waals surface area contributed by atoms with Crippen molar-refractivity contribution in [2.24, 2.45) is 0 Å². The summed E-state index contributed by atoms with van der Waals surface area (Å²) in [5, 5.41) is 0. The second kappa shape index (κ2) is 9.10. The zero-order chi connectivity index (χ0) is 25.7. The Hall–Kier alpha value is -3.08. The molecule has 2 saturated heterocycles. The first-order valence-electron chi connectivity index (χ1n) is 11.3. The van der Waals surface area contributed by atoms with Crippen LogP contribution in [0.1, 0.15) is 0 Å². The van der Waals surface area contributed by atoms with Crippen LogP contribution in [0.25, 0.3) is 22.5 Å². The topological polar surface area (TPSA) is 172 Å². The lowest BCUT2D eigenvalue weighted by atomic mass is 10.2. The first-order valence-corrected chi connectivity index (χ1v) is 15.0. The van der Waals surface area contributed by atoms with Gasteiger partial charge in [0.25, 0.3) is 6.01 Å². The molecule has 0 amide bonds. The minimum Gasteiger partial charge on any atom is -0.424 e. The van der Waals surface area contributed by atoms with Crippen LogP contribution < -0.4 is 15.5 Å². The van der Waals surface area contributed by atoms with E-state index in [0.29, 0.717) is 86.7 Å². The zero-order valence-corrected chi connectivity index (χ0v) is 21.5. The number of aromatic nitrogens is 4. The van der Waals surface area contributed by atoms with Gasteiger partial charge in [0.2, 0.25) is 31.9 Å². The minimum atomic E-state index is -3.28. The monoisotopic (exact) mass is 537 g/mol. The molecule has 2 aliphatic heterocycles. The van der Waals surface area contributed by atoms with Crippen molar-refractivity contribution < 1.29 is 21.3 Å². The maximum absolute atomic E-state index is 11.9. The number of nitrogens with zero attached hydrogens (tertiary/aromatic N) is 8. The number of benzene rings is 1. The number of hydrogen-bond acceptors (Lipinski definition) is 12. The van der Waals surface area contributed by atoms with Crippen LogP contribution in [-0.2, 0) is 20.0 Å². The van der Waals surface area contributed by atoms with Crippen LogP contribution in [-0.4, -0.2) is 110 Å². The highest BCUT2D eigenvalue weighted by Gasteiger charge is 2.28. The van der Waals surface area contributed by atoms with E-state index < -0.39 is 20.0 Å². The Morgan fingerprint density at radius 3 is 1.72 bits per heavy atom. The largest absolute Gasteiger partial charge is 0.424 e. The van der Waals surface area contributed by atoms with E-state index in [1.54, 1.807) is 12.1 Å². The van der Waals surface area contributed by atoms with Gasteiger partial charge in [0.1, 0.15) is 5.52 Å². The van der Waals surface area contributed by atoms with Crippen molar-refractivity contribution in [1.29, 1.82) is 0 Å². The van der Waals surface area contributed by atoms with Gasteiger partial charge in [-0.1, -0.05) is 0 Å². The van der Waals surface area contributed by atoms with E-state index in [1.807, 2.05) is 15.9 Å². The number of hydrogen-bond donors (Lipinski definition) is 1. The summed E-state index contributed by atoms with van der Waals surface area (Å²) in [5.41, 5.74) is 7.46. The molecule has 14 nitrogen and oxygen atoms in total. The second-order valence-corrected chi connectivity index (χ2v) is 12.8. The summed E-state index contributed by atoms with van der Waals surface area (Å²) >= 11 is 0. The first kappa shape index (κ1) is 24.6. The van der Waals surface area contributed by atoms with Crippen molar-refractivity contribution in [1.82, 2.24) is 28.5 Å². The summed E-state index contributed by atoms with van der Waals surface area (Å²) in [4.78, 5) is 22.0. The minimum absolute atomic E-state index is 0.0617. The van der Waals surface area contributed by atoms with Crippen molar-refractivity contribution >= 4 is 49.1 Å². The van der Waals surface area contributed by atoms with E-state index >= 15 is 0 Å². The number of sulfonamides is 2. The fraction of sp³-hybridized carbons (Fsp3) is 0.500. The first-order chi connectivity index (χ1) is 17.0. The predicted octanol–water partition coefficient (Wildman–Crippen LogP) is -0.575. The summed E-state index contributed by atoms with van der Waals surface area (Å²) in [5.74, 6) is 1.25. The molecule has 0 saturated carbocycles. The molecule has 2 N–H and O–H groups in total. The normalized spacial score (nSPS) is 18.7. The highest BCUT2D eigenvalue weighted by molar-refractivity contribution is 7.88. The van der Waals surface area contributed by atoms with Gasteiger partial charge >= 0.3 is 0 Å². The second-order valence-electron chi connectivity index (χ2n) is 8.79. The molecule has 16 heteroatoms. The number of rotatable bonds is 5. The summed E-state index contributed by atoms with van der Waals surface area (Å²) in [6.07, 6.45) is 2.40. The molecule has 5 rings (SSSR count). The number of anilines is 3. The number of oxazole rings is 1. The summed E-state index contributed by atoms with van der Waals surface area (Å²) in [6, 6.07) is 5.40. The van der Waals surface area contributed by atoms with Gasteiger partial charge in [-0.25, -0.2) is 16.8 Å². The number of nitrogens with two attached hydrogens (primary N) is 1. The lowest BCUT2D eigenvalue weighted by Crippen LogP contribution is -2.50. The van der Waals surface area contributed by atoms with E-state index in [4.69, 9.17) is 10.2 Å². The molecule has 0 radical (unpaired) electrons. The van der Waals surface area contributed by atoms with Crippen molar-refractivity contribution in [3.63, 3.8) is 0 Å². The van der Waals surface area contributed by atoms with Gasteiger partial charge in [0.05, 0.1) is 12.5 Å². The molecule has 2 aromatic heterocycles. The summed E-state index contributed by atoms with van der Waals surface area (Å²) in [7, 11) is -6.56. The molecule has 1 aromatic carbocycles. The fourth-order valence-corrected chi connectivity index (χ4v) is 5.94. The van der Waals surface area contributed by atoms with Crippen LogP contribution in [0.5, 0.6) is 0 Å². The highest BCUT2D eigenvalue weighted by Crippen LogP contribution is 2.27. The molecular formula is C20H27N9O5S2. The quantitative estimate of drug-likeness (QED) is 0.440. The standard InChI is InChI=1S/C20H27N9O5S2/c1-35(30,31)28-9-5-26(6-10-28)19-23-17(14-3-4-15-16(13-14)34-18(21)22-15)24-20(25-19)27-7-11-29(12-8-27)36(2,32)33/h3-4,13H,5-12H2,1-2H3,(H2,21,22). The SMILES string of the molecule is CS(=O)(=O)N1CCN(c2nc(-c3ccc4nc(N)oc4c3)nc(N3CCN(S(C)(=O)=O)CC3)n2)CC1. The van der Waals surface area contributed by atoms with E-state index in [0.717, 1.165) is 0 Å². The van der Waals surface area contributed by atoms with Crippen LogP contribution >= 0.6 is 0 Å². The van der Waals surface area contributed by atoms with E-state index in [-0.39, 0.29) is 6.01 Å². The molecule has 3 aromatic rings. The smallest absolute Gasteiger partial charge is 0.292 e. The van der Waals surface area contributed by atoms with Crippen molar-refractivity contribution in [3.8, 4) is 11.4 Å². The number of fused-ring (bicyclic) bond motifs is 1. The fourth-order valence-electron chi connectivity index (χ4n) is 4.29. The van der Waals surface area contributed by atoms with Gasteiger partial charge in [0, 0.05) is 57.9 Å². The molecule has 0 bridgehead atoms. The molecule has 4 heterocycles. The molecule has 0 unspecified atom stereocenters. The maximum Gasteiger partial charge on any atom is 0.292 e. The molecule has 2 fully saturated rings. The Kier molecular flexibility index (Phi) is 6.22. The van der Waals surface area contributed by atoms with Crippen LogP contribution in [0.2, 0.25) is 0 Å². The van der Waals surface area contributed by atoms with Gasteiger partial charge in [-0.05, 0) is 18.2 Å². The number of nitrogen functional groups attached to an aromatic ring is 1. The summed E-state index contributed by atoms with van der Waals surface area (Å²) < 4.78 is 56.0. The van der Waals surface area contributed by atoms with E-state index in [1.165, 1.54) is 21.1 Å². The zero-order valence-electron chi connectivity index (χ0n) is 19.9. The predicted molar refractivity (Wildman–Crippen MR) is 135 cm³/mol. The van der Waals surface area contributed by atoms with Crippen LogP contribution in [0, 0.1) is 0 Å². The third kappa shape index (κ3) is 5.07. The van der Waals surface area contributed by atoms with E-state index in [2.05, 4.69) is 19.9 Å². The maximum atomic E-state index is 11.9. The third-order valence-corrected chi connectivity index (χ3v) is 8.86. The Bertz CT molecular complexity index is 1420. The molecule has 36 heavy (non-hydrogen) atoms. The van der Waals surface area contributed by atoms with Gasteiger partial charge in [-0.15, -0.1) is 0 Å². The average Bonchev–Trinajstić information content (AvgIpc) is 3.22. The van der Waals surface area contributed by atoms with Gasteiger partial charge in [-0.3, -0.25) is 0 Å². The molecule has 2 aliphatic rings.